The Morgan fingerprint density at radius 2 is 1.76 bits per heavy atom. The van der Waals surface area contributed by atoms with Crippen molar-refractivity contribution in [3.63, 3.8) is 0 Å². The van der Waals surface area contributed by atoms with Gasteiger partial charge in [0.25, 0.3) is 0 Å². The van der Waals surface area contributed by atoms with Crippen LogP contribution in [0.15, 0.2) is 65.9 Å². The third-order valence-corrected chi connectivity index (χ3v) is 6.55. The van der Waals surface area contributed by atoms with Crippen molar-refractivity contribution in [2.24, 2.45) is 5.92 Å². The van der Waals surface area contributed by atoms with E-state index >= 15 is 0 Å². The molecule has 2 heterocycles. The van der Waals surface area contributed by atoms with Crippen LogP contribution in [-0.4, -0.2) is 50.3 Å². The number of esters is 1. The Balaban J connectivity index is 1.51. The summed E-state index contributed by atoms with van der Waals surface area (Å²) in [5.41, 5.74) is 3.25. The molecule has 2 aliphatic heterocycles. The molecule has 7 nitrogen and oxygen atoms in total. The first-order valence-corrected chi connectivity index (χ1v) is 11.9. The van der Waals surface area contributed by atoms with Crippen molar-refractivity contribution in [2.75, 3.05) is 33.4 Å². The Kier molecular flexibility index (Phi) is 7.85. The monoisotopic (exact) mass is 463 g/mol. The molecule has 0 radical (unpaired) electrons. The number of likely N-dealkylation sites (tertiary alicyclic amines) is 1. The Labute approximate surface area is 201 Å². The van der Waals surface area contributed by atoms with Gasteiger partial charge in [-0.25, -0.2) is 9.59 Å². The topological polar surface area (TPSA) is 79.9 Å². The van der Waals surface area contributed by atoms with Gasteiger partial charge in [-0.2, -0.15) is 0 Å². The van der Waals surface area contributed by atoms with Gasteiger partial charge in [-0.05, 0) is 68.5 Å². The van der Waals surface area contributed by atoms with Crippen molar-refractivity contribution < 1.29 is 19.1 Å². The highest BCUT2D eigenvalue weighted by Gasteiger charge is 2.34. The van der Waals surface area contributed by atoms with Crippen LogP contribution in [0.2, 0.25) is 0 Å². The average molecular weight is 464 g/mol. The smallest absolute Gasteiger partial charge is 0.338 e. The van der Waals surface area contributed by atoms with E-state index in [1.54, 1.807) is 14.0 Å². The second-order valence-corrected chi connectivity index (χ2v) is 8.83. The number of methoxy groups -OCH3 is 1. The number of benzene rings is 2. The number of hydrogen-bond acceptors (Lipinski definition) is 5. The van der Waals surface area contributed by atoms with Crippen molar-refractivity contribution in [1.29, 1.82) is 0 Å². The van der Waals surface area contributed by atoms with E-state index in [9.17, 15) is 9.59 Å². The van der Waals surface area contributed by atoms with Crippen molar-refractivity contribution >= 4 is 12.0 Å². The number of carbonyl (C=O) groups is 2. The number of carbonyl (C=O) groups excluding carboxylic acids is 2. The predicted octanol–water partition coefficient (Wildman–Crippen LogP) is 3.82. The summed E-state index contributed by atoms with van der Waals surface area (Å²) in [6.07, 6.45) is 3.27. The molecule has 34 heavy (non-hydrogen) atoms. The number of piperidine rings is 1. The Morgan fingerprint density at radius 1 is 1.06 bits per heavy atom. The van der Waals surface area contributed by atoms with Gasteiger partial charge in [0.15, 0.2) is 0 Å². The predicted molar refractivity (Wildman–Crippen MR) is 130 cm³/mol. The highest BCUT2D eigenvalue weighted by Crippen LogP contribution is 2.30. The molecule has 1 atom stereocenters. The van der Waals surface area contributed by atoms with Gasteiger partial charge < -0.3 is 20.1 Å². The molecule has 1 saturated heterocycles. The maximum Gasteiger partial charge on any atom is 0.338 e. The standard InChI is InChI=1S/C27H33N3O4/c1-3-34-26(31)24-23(28-27(32)29-25(24)21-9-11-22(33-2)12-10-21)18-30-15-13-20(14-16-30)17-19-7-5-4-6-8-19/h4-12,20,25H,3,13-18H2,1-2H3,(H2,28,29,32)/t25-/m1/s1. The van der Waals surface area contributed by atoms with Gasteiger partial charge >= 0.3 is 12.0 Å². The summed E-state index contributed by atoms with van der Waals surface area (Å²) in [6.45, 7) is 4.41. The Morgan fingerprint density at radius 3 is 2.41 bits per heavy atom. The minimum Gasteiger partial charge on any atom is -0.497 e. The zero-order valence-electron chi connectivity index (χ0n) is 19.9. The molecule has 2 aromatic carbocycles. The summed E-state index contributed by atoms with van der Waals surface area (Å²) < 4.78 is 10.6. The number of amides is 2. The lowest BCUT2D eigenvalue weighted by molar-refractivity contribution is -0.139. The quantitative estimate of drug-likeness (QED) is 0.582. The highest BCUT2D eigenvalue weighted by molar-refractivity contribution is 5.95. The number of ether oxygens (including phenoxy) is 2. The normalized spacial score (nSPS) is 19.4. The van der Waals surface area contributed by atoms with E-state index in [1.807, 2.05) is 30.3 Å². The summed E-state index contributed by atoms with van der Waals surface area (Å²) in [5, 5.41) is 5.78. The number of rotatable bonds is 8. The first kappa shape index (κ1) is 23.8. The van der Waals surface area contributed by atoms with E-state index in [0.29, 0.717) is 29.5 Å². The van der Waals surface area contributed by atoms with Crippen LogP contribution in [-0.2, 0) is 16.0 Å². The largest absolute Gasteiger partial charge is 0.497 e. The fourth-order valence-corrected chi connectivity index (χ4v) is 4.76. The molecule has 0 aromatic heterocycles. The zero-order valence-corrected chi connectivity index (χ0v) is 19.9. The van der Waals surface area contributed by atoms with E-state index < -0.39 is 12.0 Å². The molecule has 7 heteroatoms. The van der Waals surface area contributed by atoms with Crippen LogP contribution in [0.3, 0.4) is 0 Å². The van der Waals surface area contributed by atoms with Crippen molar-refractivity contribution in [3.05, 3.63) is 77.0 Å². The van der Waals surface area contributed by atoms with Crippen molar-refractivity contribution in [3.8, 4) is 5.75 Å². The van der Waals surface area contributed by atoms with Crippen molar-refractivity contribution in [2.45, 2.75) is 32.2 Å². The van der Waals surface area contributed by atoms with Gasteiger partial charge in [0.05, 0.1) is 25.3 Å². The fourth-order valence-electron chi connectivity index (χ4n) is 4.76. The highest BCUT2D eigenvalue weighted by atomic mass is 16.5. The molecule has 0 aliphatic carbocycles. The first-order valence-electron chi connectivity index (χ1n) is 11.9. The van der Waals surface area contributed by atoms with Gasteiger partial charge in [0, 0.05) is 12.2 Å². The van der Waals surface area contributed by atoms with E-state index in [2.05, 4.69) is 39.8 Å². The molecule has 0 unspecified atom stereocenters. The molecule has 0 saturated carbocycles. The maximum atomic E-state index is 13.0. The molecule has 2 amide bonds. The molecule has 2 aliphatic rings. The first-order chi connectivity index (χ1) is 16.6. The van der Waals surface area contributed by atoms with Crippen LogP contribution >= 0.6 is 0 Å². The number of hydrogen-bond donors (Lipinski definition) is 2. The average Bonchev–Trinajstić information content (AvgIpc) is 2.86. The second kappa shape index (κ2) is 11.2. The lowest BCUT2D eigenvalue weighted by Gasteiger charge is -2.35. The van der Waals surface area contributed by atoms with Crippen LogP contribution in [0.4, 0.5) is 4.79 Å². The van der Waals surface area contributed by atoms with E-state index in [0.717, 1.165) is 37.9 Å². The lowest BCUT2D eigenvalue weighted by Crippen LogP contribution is -2.49. The van der Waals surface area contributed by atoms with E-state index in [1.165, 1.54) is 5.56 Å². The Hall–Kier alpha value is -3.32. The zero-order chi connectivity index (χ0) is 23.9. The summed E-state index contributed by atoms with van der Waals surface area (Å²) >= 11 is 0. The third-order valence-electron chi connectivity index (χ3n) is 6.55. The molecule has 2 N–H and O–H groups in total. The minimum absolute atomic E-state index is 0.268. The molecule has 1 fully saturated rings. The molecule has 0 spiro atoms. The fraction of sp³-hybridized carbons (Fsp3) is 0.407. The summed E-state index contributed by atoms with van der Waals surface area (Å²) in [5.74, 6) is 0.945. The van der Waals surface area contributed by atoms with E-state index in [4.69, 9.17) is 9.47 Å². The summed E-state index contributed by atoms with van der Waals surface area (Å²) in [4.78, 5) is 27.9. The van der Waals surface area contributed by atoms with Gasteiger partial charge in [-0.15, -0.1) is 0 Å². The van der Waals surface area contributed by atoms with Crippen LogP contribution in [0.1, 0.15) is 36.9 Å². The van der Waals surface area contributed by atoms with Gasteiger partial charge in [0.1, 0.15) is 5.75 Å². The molecule has 0 bridgehead atoms. The number of urea groups is 1. The van der Waals surface area contributed by atoms with Gasteiger partial charge in [0.2, 0.25) is 0 Å². The minimum atomic E-state index is -0.579. The van der Waals surface area contributed by atoms with E-state index in [-0.39, 0.29) is 12.6 Å². The van der Waals surface area contributed by atoms with Crippen LogP contribution in [0, 0.1) is 5.92 Å². The SMILES string of the molecule is CCOC(=O)C1=C(CN2CCC(Cc3ccccc3)CC2)NC(=O)N[C@@H]1c1ccc(OC)cc1. The number of nitrogens with one attached hydrogen (secondary N) is 2. The molecular weight excluding hydrogens is 430 g/mol. The number of nitrogens with zero attached hydrogens (tertiary/aromatic N) is 1. The Bertz CT molecular complexity index is 1010. The molecule has 4 rings (SSSR count). The summed E-state index contributed by atoms with van der Waals surface area (Å²) in [7, 11) is 1.60. The molecule has 180 valence electrons. The molecule has 2 aromatic rings. The van der Waals surface area contributed by atoms with Gasteiger partial charge in [-0.3, -0.25) is 4.90 Å². The maximum absolute atomic E-state index is 13.0. The van der Waals surface area contributed by atoms with Crippen molar-refractivity contribution in [1.82, 2.24) is 15.5 Å². The van der Waals surface area contributed by atoms with Crippen LogP contribution in [0.25, 0.3) is 0 Å². The third kappa shape index (κ3) is 5.78. The summed E-state index contributed by atoms with van der Waals surface area (Å²) in [6, 6.07) is 17.1. The molecular formula is C27H33N3O4. The van der Waals surface area contributed by atoms with Gasteiger partial charge in [-0.1, -0.05) is 42.5 Å². The van der Waals surface area contributed by atoms with Crippen LogP contribution in [0.5, 0.6) is 5.75 Å². The lowest BCUT2D eigenvalue weighted by atomic mass is 9.89. The van der Waals surface area contributed by atoms with Crippen LogP contribution < -0.4 is 15.4 Å². The second-order valence-electron chi connectivity index (χ2n) is 8.83.